The minimum Gasteiger partial charge on any atom is -0.497 e. The zero-order valence-corrected chi connectivity index (χ0v) is 11.6. The van der Waals surface area contributed by atoms with Crippen molar-refractivity contribution in [3.63, 3.8) is 0 Å². The van der Waals surface area contributed by atoms with Gasteiger partial charge in [-0.1, -0.05) is 0 Å². The van der Waals surface area contributed by atoms with Crippen LogP contribution >= 0.6 is 0 Å². The van der Waals surface area contributed by atoms with Crippen LogP contribution in [0.2, 0.25) is 0 Å². The maximum Gasteiger partial charge on any atom is 0.339 e. The summed E-state index contributed by atoms with van der Waals surface area (Å²) in [7, 11) is 1.49. The molecule has 0 fully saturated rings. The van der Waals surface area contributed by atoms with Crippen LogP contribution in [0, 0.1) is 18.3 Å². The third kappa shape index (κ3) is 3.12. The Hall–Kier alpha value is -3.00. The van der Waals surface area contributed by atoms with E-state index in [0.29, 0.717) is 17.1 Å². The molecule has 5 heteroatoms. The van der Waals surface area contributed by atoms with E-state index in [0.717, 1.165) is 5.56 Å². The van der Waals surface area contributed by atoms with Crippen LogP contribution in [0.4, 0.5) is 0 Å². The Bertz CT molecular complexity index is 732. The van der Waals surface area contributed by atoms with E-state index in [4.69, 9.17) is 14.7 Å². The van der Waals surface area contributed by atoms with Crippen LogP contribution in [0.25, 0.3) is 0 Å². The Labute approximate surface area is 122 Å². The van der Waals surface area contributed by atoms with Gasteiger partial charge in [0, 0.05) is 6.07 Å². The Balaban J connectivity index is 2.40. The summed E-state index contributed by atoms with van der Waals surface area (Å²) < 4.78 is 10.7. The van der Waals surface area contributed by atoms with Crippen molar-refractivity contribution in [3.05, 3.63) is 53.1 Å². The normalized spacial score (nSPS) is 9.76. The molecule has 1 N–H and O–H groups in total. The molecule has 2 rings (SSSR count). The third-order valence-corrected chi connectivity index (χ3v) is 2.97. The summed E-state index contributed by atoms with van der Waals surface area (Å²) in [5.41, 5.74) is 1.35. The Morgan fingerprint density at radius 1 is 1.19 bits per heavy atom. The Morgan fingerprint density at radius 2 is 1.90 bits per heavy atom. The van der Waals surface area contributed by atoms with Crippen molar-refractivity contribution in [2.75, 3.05) is 7.11 Å². The number of benzene rings is 2. The van der Waals surface area contributed by atoms with Crippen molar-refractivity contribution in [2.45, 2.75) is 6.92 Å². The minimum absolute atomic E-state index is 0.0396. The molecule has 2 aromatic carbocycles. The van der Waals surface area contributed by atoms with E-state index < -0.39 is 5.97 Å². The van der Waals surface area contributed by atoms with Gasteiger partial charge in [-0.2, -0.15) is 5.26 Å². The fourth-order valence-corrected chi connectivity index (χ4v) is 1.84. The average molecular weight is 283 g/mol. The lowest BCUT2D eigenvalue weighted by Crippen LogP contribution is -2.00. The molecule has 0 aliphatic rings. The van der Waals surface area contributed by atoms with Gasteiger partial charge in [0.2, 0.25) is 0 Å². The molecular formula is C16H13NO4. The molecule has 0 spiro atoms. The molecule has 0 aliphatic carbocycles. The molecule has 0 aliphatic heterocycles. The van der Waals surface area contributed by atoms with Crippen LogP contribution in [0.1, 0.15) is 21.5 Å². The van der Waals surface area contributed by atoms with Gasteiger partial charge in [-0.3, -0.25) is 0 Å². The maximum absolute atomic E-state index is 11.2. The fraction of sp³-hybridized carbons (Fsp3) is 0.125. The number of rotatable bonds is 4. The van der Waals surface area contributed by atoms with Crippen LogP contribution in [0.15, 0.2) is 36.4 Å². The molecular weight excluding hydrogens is 270 g/mol. The number of nitriles is 1. The number of carboxylic acids is 1. The number of hydrogen-bond donors (Lipinski definition) is 1. The minimum atomic E-state index is -1.09. The first kappa shape index (κ1) is 14.4. The lowest BCUT2D eigenvalue weighted by molar-refractivity contribution is 0.0694. The van der Waals surface area contributed by atoms with Crippen molar-refractivity contribution in [1.29, 1.82) is 5.26 Å². The van der Waals surface area contributed by atoms with Crippen LogP contribution in [0.5, 0.6) is 17.2 Å². The predicted molar refractivity (Wildman–Crippen MR) is 75.9 cm³/mol. The molecule has 0 aromatic heterocycles. The first-order valence-electron chi connectivity index (χ1n) is 6.15. The second-order valence-electron chi connectivity index (χ2n) is 4.36. The fourth-order valence-electron chi connectivity index (χ4n) is 1.84. The van der Waals surface area contributed by atoms with Crippen LogP contribution in [0.3, 0.4) is 0 Å². The van der Waals surface area contributed by atoms with E-state index in [1.54, 1.807) is 31.2 Å². The van der Waals surface area contributed by atoms with Gasteiger partial charge in [0.15, 0.2) is 0 Å². The molecule has 0 saturated heterocycles. The van der Waals surface area contributed by atoms with Crippen LogP contribution in [-0.4, -0.2) is 18.2 Å². The van der Waals surface area contributed by atoms with Gasteiger partial charge >= 0.3 is 5.97 Å². The van der Waals surface area contributed by atoms with Gasteiger partial charge in [-0.15, -0.1) is 0 Å². The van der Waals surface area contributed by atoms with E-state index in [-0.39, 0.29) is 11.3 Å². The molecule has 0 unspecified atom stereocenters. The number of methoxy groups -OCH3 is 1. The molecule has 0 radical (unpaired) electrons. The number of carboxylic acid groups (broad SMARTS) is 1. The van der Waals surface area contributed by atoms with Gasteiger partial charge < -0.3 is 14.6 Å². The summed E-state index contributed by atoms with van der Waals surface area (Å²) in [6.07, 6.45) is 0. The van der Waals surface area contributed by atoms with Crippen molar-refractivity contribution in [2.24, 2.45) is 0 Å². The number of aryl methyl sites for hydroxylation is 1. The second-order valence-corrected chi connectivity index (χ2v) is 4.36. The van der Waals surface area contributed by atoms with Gasteiger partial charge in [-0.25, -0.2) is 4.79 Å². The average Bonchev–Trinajstić information content (AvgIpc) is 2.47. The SMILES string of the molecule is COc1ccc(C(=O)O)c(Oc2ccc(C#N)c(C)c2)c1. The topological polar surface area (TPSA) is 79.6 Å². The highest BCUT2D eigenvalue weighted by Gasteiger charge is 2.13. The zero-order chi connectivity index (χ0) is 15.4. The zero-order valence-electron chi connectivity index (χ0n) is 11.6. The van der Waals surface area contributed by atoms with E-state index in [1.807, 2.05) is 0 Å². The number of nitrogens with zero attached hydrogens (tertiary/aromatic N) is 1. The largest absolute Gasteiger partial charge is 0.497 e. The van der Waals surface area contributed by atoms with Crippen molar-refractivity contribution in [1.82, 2.24) is 0 Å². The Kier molecular flexibility index (Phi) is 4.10. The monoisotopic (exact) mass is 283 g/mol. The second kappa shape index (κ2) is 5.97. The first-order valence-corrected chi connectivity index (χ1v) is 6.15. The quantitative estimate of drug-likeness (QED) is 0.930. The first-order chi connectivity index (χ1) is 10.0. The van der Waals surface area contributed by atoms with Crippen LogP contribution in [-0.2, 0) is 0 Å². The molecule has 0 heterocycles. The predicted octanol–water partition coefficient (Wildman–Crippen LogP) is 3.37. The van der Waals surface area contributed by atoms with Crippen molar-refractivity contribution < 1.29 is 19.4 Å². The number of ether oxygens (including phenoxy) is 2. The van der Waals surface area contributed by atoms with Crippen LogP contribution < -0.4 is 9.47 Å². The highest BCUT2D eigenvalue weighted by atomic mass is 16.5. The third-order valence-electron chi connectivity index (χ3n) is 2.97. The van der Waals surface area contributed by atoms with Crippen molar-refractivity contribution in [3.8, 4) is 23.3 Å². The summed E-state index contributed by atoms with van der Waals surface area (Å²) in [5, 5.41) is 18.1. The molecule has 0 atom stereocenters. The van der Waals surface area contributed by atoms with E-state index in [1.165, 1.54) is 19.2 Å². The summed E-state index contributed by atoms with van der Waals surface area (Å²) in [6.45, 7) is 1.79. The number of aromatic carboxylic acids is 1. The molecule has 5 nitrogen and oxygen atoms in total. The highest BCUT2D eigenvalue weighted by molar-refractivity contribution is 5.91. The highest BCUT2D eigenvalue weighted by Crippen LogP contribution is 2.30. The molecule has 0 bridgehead atoms. The molecule has 106 valence electrons. The molecule has 21 heavy (non-hydrogen) atoms. The lowest BCUT2D eigenvalue weighted by atomic mass is 10.1. The summed E-state index contributed by atoms with van der Waals surface area (Å²) in [6, 6.07) is 11.5. The lowest BCUT2D eigenvalue weighted by Gasteiger charge is -2.11. The van der Waals surface area contributed by atoms with Crippen molar-refractivity contribution >= 4 is 5.97 Å². The standard InChI is InChI=1S/C16H13NO4/c1-10-7-13(4-3-11(10)9-17)21-15-8-12(20-2)5-6-14(15)16(18)19/h3-8H,1-2H3,(H,18,19). The summed E-state index contributed by atoms with van der Waals surface area (Å²) in [4.78, 5) is 11.2. The Morgan fingerprint density at radius 3 is 2.48 bits per heavy atom. The maximum atomic E-state index is 11.2. The summed E-state index contributed by atoms with van der Waals surface area (Å²) >= 11 is 0. The summed E-state index contributed by atoms with van der Waals surface area (Å²) in [5.74, 6) is 0.0617. The molecule has 0 saturated carbocycles. The number of carbonyl (C=O) groups is 1. The molecule has 0 amide bonds. The van der Waals surface area contributed by atoms with E-state index in [2.05, 4.69) is 6.07 Å². The van der Waals surface area contributed by atoms with Gasteiger partial charge in [0.1, 0.15) is 22.8 Å². The van der Waals surface area contributed by atoms with Gasteiger partial charge in [0.25, 0.3) is 0 Å². The van der Waals surface area contributed by atoms with Gasteiger partial charge in [-0.05, 0) is 42.8 Å². The van der Waals surface area contributed by atoms with E-state index in [9.17, 15) is 9.90 Å². The smallest absolute Gasteiger partial charge is 0.339 e. The molecule has 2 aromatic rings. The van der Waals surface area contributed by atoms with Gasteiger partial charge in [0.05, 0.1) is 18.7 Å². The number of hydrogen-bond acceptors (Lipinski definition) is 4. The van der Waals surface area contributed by atoms with E-state index >= 15 is 0 Å².